The lowest BCUT2D eigenvalue weighted by Crippen LogP contribution is -2.50. The van der Waals surface area contributed by atoms with E-state index in [-0.39, 0.29) is 12.1 Å². The standard InChI is InChI=1S/C11H23N3O/c1-2-3-5-10(8-12)14-11(15)13-9-6-4-7-9/h9-10H,2-8,12H2,1H3,(H2,13,14,15). The SMILES string of the molecule is CCCCC(CN)NC(=O)NC1CCC1. The topological polar surface area (TPSA) is 67.1 Å². The Morgan fingerprint density at radius 2 is 2.27 bits per heavy atom. The van der Waals surface area contributed by atoms with Crippen LogP contribution < -0.4 is 16.4 Å². The number of rotatable bonds is 6. The lowest BCUT2D eigenvalue weighted by Gasteiger charge is -2.27. The molecule has 0 saturated heterocycles. The molecule has 1 unspecified atom stereocenters. The van der Waals surface area contributed by atoms with Crippen molar-refractivity contribution in [3.05, 3.63) is 0 Å². The van der Waals surface area contributed by atoms with Gasteiger partial charge in [0.05, 0.1) is 0 Å². The van der Waals surface area contributed by atoms with Crippen molar-refractivity contribution in [1.82, 2.24) is 10.6 Å². The quantitative estimate of drug-likeness (QED) is 0.623. The Morgan fingerprint density at radius 1 is 1.53 bits per heavy atom. The van der Waals surface area contributed by atoms with Gasteiger partial charge in [-0.25, -0.2) is 4.79 Å². The minimum atomic E-state index is -0.0498. The molecule has 0 aromatic rings. The number of amides is 2. The second-order valence-corrected chi connectivity index (χ2v) is 4.32. The molecule has 4 heteroatoms. The Bertz CT molecular complexity index is 192. The molecule has 0 aromatic carbocycles. The number of hydrogen-bond acceptors (Lipinski definition) is 2. The van der Waals surface area contributed by atoms with Crippen LogP contribution in [0.4, 0.5) is 4.79 Å². The minimum Gasteiger partial charge on any atom is -0.335 e. The van der Waals surface area contributed by atoms with Crippen molar-refractivity contribution in [1.29, 1.82) is 0 Å². The highest BCUT2D eigenvalue weighted by Crippen LogP contribution is 2.17. The van der Waals surface area contributed by atoms with E-state index in [0.29, 0.717) is 12.6 Å². The first-order chi connectivity index (χ1) is 7.26. The molecule has 15 heavy (non-hydrogen) atoms. The van der Waals surface area contributed by atoms with E-state index in [0.717, 1.165) is 32.1 Å². The maximum Gasteiger partial charge on any atom is 0.315 e. The predicted molar refractivity (Wildman–Crippen MR) is 61.7 cm³/mol. The van der Waals surface area contributed by atoms with E-state index in [1.807, 2.05) is 0 Å². The fraction of sp³-hybridized carbons (Fsp3) is 0.909. The van der Waals surface area contributed by atoms with Crippen LogP contribution in [0, 0.1) is 0 Å². The summed E-state index contributed by atoms with van der Waals surface area (Å²) in [5.74, 6) is 0. The van der Waals surface area contributed by atoms with E-state index in [1.54, 1.807) is 0 Å². The van der Waals surface area contributed by atoms with Crippen LogP contribution in [-0.4, -0.2) is 24.7 Å². The van der Waals surface area contributed by atoms with Gasteiger partial charge in [0.2, 0.25) is 0 Å². The summed E-state index contributed by atoms with van der Waals surface area (Å²) in [5.41, 5.74) is 5.60. The fourth-order valence-corrected chi connectivity index (χ4v) is 1.66. The van der Waals surface area contributed by atoms with Crippen LogP contribution in [0.25, 0.3) is 0 Å². The molecule has 0 aliphatic heterocycles. The summed E-state index contributed by atoms with van der Waals surface area (Å²) < 4.78 is 0. The van der Waals surface area contributed by atoms with Gasteiger partial charge in [-0.1, -0.05) is 19.8 Å². The van der Waals surface area contributed by atoms with E-state index in [2.05, 4.69) is 17.6 Å². The lowest BCUT2D eigenvalue weighted by molar-refractivity contribution is 0.224. The van der Waals surface area contributed by atoms with Crippen LogP contribution in [0.3, 0.4) is 0 Å². The Kier molecular flexibility index (Phi) is 5.47. The molecular weight excluding hydrogens is 190 g/mol. The van der Waals surface area contributed by atoms with Gasteiger partial charge in [0.25, 0.3) is 0 Å². The molecule has 0 heterocycles. The minimum absolute atomic E-state index is 0.0498. The van der Waals surface area contributed by atoms with Crippen LogP contribution in [0.15, 0.2) is 0 Å². The van der Waals surface area contributed by atoms with Gasteiger partial charge in [0.15, 0.2) is 0 Å². The predicted octanol–water partition coefficient (Wildman–Crippen LogP) is 1.36. The van der Waals surface area contributed by atoms with Gasteiger partial charge in [-0.05, 0) is 25.7 Å². The normalized spacial score (nSPS) is 18.0. The van der Waals surface area contributed by atoms with Gasteiger partial charge in [-0.3, -0.25) is 0 Å². The third-order valence-corrected chi connectivity index (χ3v) is 2.97. The molecule has 4 nitrogen and oxygen atoms in total. The highest BCUT2D eigenvalue weighted by Gasteiger charge is 2.20. The molecule has 2 amide bonds. The molecule has 1 saturated carbocycles. The third-order valence-electron chi connectivity index (χ3n) is 2.97. The van der Waals surface area contributed by atoms with Gasteiger partial charge in [0.1, 0.15) is 0 Å². The molecule has 1 rings (SSSR count). The van der Waals surface area contributed by atoms with Crippen molar-refractivity contribution >= 4 is 6.03 Å². The zero-order valence-corrected chi connectivity index (χ0v) is 9.59. The highest BCUT2D eigenvalue weighted by atomic mass is 16.2. The molecular formula is C11H23N3O. The maximum absolute atomic E-state index is 11.5. The second-order valence-electron chi connectivity index (χ2n) is 4.32. The summed E-state index contributed by atoms with van der Waals surface area (Å²) in [5, 5.41) is 5.88. The van der Waals surface area contributed by atoms with Crippen molar-refractivity contribution in [2.24, 2.45) is 5.73 Å². The number of nitrogens with one attached hydrogen (secondary N) is 2. The van der Waals surface area contributed by atoms with E-state index in [4.69, 9.17) is 5.73 Å². The molecule has 0 radical (unpaired) electrons. The zero-order valence-electron chi connectivity index (χ0n) is 9.59. The number of unbranched alkanes of at least 4 members (excludes halogenated alkanes) is 1. The van der Waals surface area contributed by atoms with Gasteiger partial charge in [-0.15, -0.1) is 0 Å². The molecule has 88 valence electrons. The summed E-state index contributed by atoms with van der Waals surface area (Å²) in [6.45, 7) is 2.67. The Hall–Kier alpha value is -0.770. The summed E-state index contributed by atoms with van der Waals surface area (Å²) in [6, 6.07) is 0.478. The molecule has 1 aliphatic rings. The Morgan fingerprint density at radius 3 is 2.73 bits per heavy atom. The molecule has 1 atom stereocenters. The van der Waals surface area contributed by atoms with Gasteiger partial charge in [-0.2, -0.15) is 0 Å². The largest absolute Gasteiger partial charge is 0.335 e. The molecule has 1 aliphatic carbocycles. The number of nitrogens with two attached hydrogens (primary N) is 1. The van der Waals surface area contributed by atoms with Gasteiger partial charge >= 0.3 is 6.03 Å². The summed E-state index contributed by atoms with van der Waals surface area (Å²) in [6.07, 6.45) is 6.71. The first-order valence-electron chi connectivity index (χ1n) is 6.03. The highest BCUT2D eigenvalue weighted by molar-refractivity contribution is 5.74. The summed E-state index contributed by atoms with van der Waals surface area (Å²) >= 11 is 0. The van der Waals surface area contributed by atoms with Crippen molar-refractivity contribution < 1.29 is 4.79 Å². The zero-order chi connectivity index (χ0) is 11.1. The first-order valence-corrected chi connectivity index (χ1v) is 6.03. The van der Waals surface area contributed by atoms with Crippen LogP contribution in [0.2, 0.25) is 0 Å². The van der Waals surface area contributed by atoms with Gasteiger partial charge in [0, 0.05) is 18.6 Å². The second kappa shape index (κ2) is 6.67. The molecule has 0 spiro atoms. The smallest absolute Gasteiger partial charge is 0.315 e. The van der Waals surface area contributed by atoms with Crippen LogP contribution in [0.1, 0.15) is 45.4 Å². The fourth-order valence-electron chi connectivity index (χ4n) is 1.66. The van der Waals surface area contributed by atoms with Gasteiger partial charge < -0.3 is 16.4 Å². The van der Waals surface area contributed by atoms with E-state index in [1.165, 1.54) is 6.42 Å². The Labute approximate surface area is 92.0 Å². The van der Waals surface area contributed by atoms with E-state index >= 15 is 0 Å². The summed E-state index contributed by atoms with van der Waals surface area (Å²) in [4.78, 5) is 11.5. The average molecular weight is 213 g/mol. The Balaban J connectivity index is 2.14. The average Bonchev–Trinajstić information content (AvgIpc) is 2.18. The van der Waals surface area contributed by atoms with Crippen LogP contribution in [0.5, 0.6) is 0 Å². The first kappa shape index (κ1) is 12.3. The van der Waals surface area contributed by atoms with Crippen LogP contribution in [-0.2, 0) is 0 Å². The molecule has 1 fully saturated rings. The van der Waals surface area contributed by atoms with Crippen molar-refractivity contribution in [2.75, 3.05) is 6.54 Å². The number of carbonyl (C=O) groups is 1. The van der Waals surface area contributed by atoms with Crippen LogP contribution >= 0.6 is 0 Å². The lowest BCUT2D eigenvalue weighted by atomic mass is 9.93. The number of hydrogen-bond donors (Lipinski definition) is 3. The third kappa shape index (κ3) is 4.51. The molecule has 4 N–H and O–H groups in total. The summed E-state index contributed by atoms with van der Waals surface area (Å²) in [7, 11) is 0. The molecule has 0 bridgehead atoms. The molecule has 0 aromatic heterocycles. The van der Waals surface area contributed by atoms with E-state index in [9.17, 15) is 4.79 Å². The number of urea groups is 1. The van der Waals surface area contributed by atoms with E-state index < -0.39 is 0 Å². The van der Waals surface area contributed by atoms with Crippen molar-refractivity contribution in [2.45, 2.75) is 57.5 Å². The maximum atomic E-state index is 11.5. The monoisotopic (exact) mass is 213 g/mol. The van der Waals surface area contributed by atoms with Crippen molar-refractivity contribution in [3.8, 4) is 0 Å². The van der Waals surface area contributed by atoms with Crippen molar-refractivity contribution in [3.63, 3.8) is 0 Å². The number of carbonyl (C=O) groups excluding carboxylic acids is 1.